The predicted molar refractivity (Wildman–Crippen MR) is 91.5 cm³/mol. The monoisotopic (exact) mass is 337 g/mol. The molecule has 134 valence electrons. The molecule has 24 heavy (non-hydrogen) atoms. The van der Waals surface area contributed by atoms with Crippen molar-refractivity contribution in [1.82, 2.24) is 10.6 Å². The minimum Gasteiger partial charge on any atom is -0.445 e. The quantitative estimate of drug-likeness (QED) is 0.707. The standard InChI is InChI=1S/C17H27N3O4/c1-17(2,3)24-16(22)20-14(11-18)9-10-19-15(21)23-12-13-7-5-4-6-8-13/h4-8,14H,9-12,18H2,1-3H3,(H,19,21)(H,20,22)/t14-/m0/s1. The van der Waals surface area contributed by atoms with Crippen molar-refractivity contribution in [2.45, 2.75) is 45.4 Å². The molecule has 2 amide bonds. The van der Waals surface area contributed by atoms with Crippen LogP contribution in [0.4, 0.5) is 9.59 Å². The van der Waals surface area contributed by atoms with E-state index in [9.17, 15) is 9.59 Å². The molecule has 0 aliphatic heterocycles. The molecule has 0 radical (unpaired) electrons. The summed E-state index contributed by atoms with van der Waals surface area (Å²) in [7, 11) is 0. The first-order valence-corrected chi connectivity index (χ1v) is 7.94. The lowest BCUT2D eigenvalue weighted by atomic mass is 10.2. The van der Waals surface area contributed by atoms with Gasteiger partial charge in [-0.3, -0.25) is 0 Å². The fraction of sp³-hybridized carbons (Fsp3) is 0.529. The summed E-state index contributed by atoms with van der Waals surface area (Å²) in [5, 5.41) is 5.31. The number of rotatable bonds is 7. The summed E-state index contributed by atoms with van der Waals surface area (Å²) in [6.45, 7) is 6.16. The van der Waals surface area contributed by atoms with Gasteiger partial charge < -0.3 is 25.8 Å². The maximum atomic E-state index is 11.7. The molecule has 0 aromatic heterocycles. The summed E-state index contributed by atoms with van der Waals surface area (Å²) in [5.74, 6) is 0. The summed E-state index contributed by atoms with van der Waals surface area (Å²) < 4.78 is 10.3. The number of ether oxygens (including phenoxy) is 2. The number of carbonyl (C=O) groups is 2. The molecule has 1 rings (SSSR count). The lowest BCUT2D eigenvalue weighted by molar-refractivity contribution is 0.0504. The third-order valence-electron chi connectivity index (χ3n) is 2.98. The summed E-state index contributed by atoms with van der Waals surface area (Å²) in [5.41, 5.74) is 5.97. The summed E-state index contributed by atoms with van der Waals surface area (Å²) >= 11 is 0. The van der Waals surface area contributed by atoms with E-state index in [-0.39, 0.29) is 19.2 Å². The minimum absolute atomic E-state index is 0.211. The molecule has 0 unspecified atom stereocenters. The molecule has 1 aromatic carbocycles. The zero-order chi connectivity index (χ0) is 18.0. The topological polar surface area (TPSA) is 103 Å². The van der Waals surface area contributed by atoms with Crippen molar-refractivity contribution >= 4 is 12.2 Å². The fourth-order valence-electron chi connectivity index (χ4n) is 1.85. The summed E-state index contributed by atoms with van der Waals surface area (Å²) in [6.07, 6.45) is -0.549. The highest BCUT2D eigenvalue weighted by Crippen LogP contribution is 2.07. The van der Waals surface area contributed by atoms with Crippen molar-refractivity contribution in [2.24, 2.45) is 5.73 Å². The largest absolute Gasteiger partial charge is 0.445 e. The number of nitrogens with one attached hydrogen (secondary N) is 2. The molecule has 7 nitrogen and oxygen atoms in total. The van der Waals surface area contributed by atoms with E-state index in [0.717, 1.165) is 5.56 Å². The Hall–Kier alpha value is -2.28. The highest BCUT2D eigenvalue weighted by molar-refractivity contribution is 5.68. The van der Waals surface area contributed by atoms with Crippen molar-refractivity contribution in [2.75, 3.05) is 13.1 Å². The maximum Gasteiger partial charge on any atom is 0.407 e. The van der Waals surface area contributed by atoms with Crippen LogP contribution in [0.5, 0.6) is 0 Å². The Morgan fingerprint density at radius 2 is 1.83 bits per heavy atom. The second-order valence-electron chi connectivity index (χ2n) is 6.36. The van der Waals surface area contributed by atoms with E-state index in [1.165, 1.54) is 0 Å². The van der Waals surface area contributed by atoms with Crippen LogP contribution in [0, 0.1) is 0 Å². The molecule has 0 aliphatic rings. The number of nitrogens with two attached hydrogens (primary N) is 1. The van der Waals surface area contributed by atoms with Gasteiger partial charge in [-0.1, -0.05) is 30.3 Å². The van der Waals surface area contributed by atoms with E-state index in [2.05, 4.69) is 10.6 Å². The van der Waals surface area contributed by atoms with Gasteiger partial charge in [0.05, 0.1) is 0 Å². The number of carbonyl (C=O) groups excluding carboxylic acids is 2. The highest BCUT2D eigenvalue weighted by atomic mass is 16.6. The zero-order valence-corrected chi connectivity index (χ0v) is 14.5. The molecule has 7 heteroatoms. The molecule has 0 saturated heterocycles. The Labute approximate surface area is 142 Å². The van der Waals surface area contributed by atoms with Crippen LogP contribution in [0.1, 0.15) is 32.8 Å². The molecule has 0 saturated carbocycles. The molecule has 0 bridgehead atoms. The minimum atomic E-state index is -0.567. The van der Waals surface area contributed by atoms with Gasteiger partial charge in [0.15, 0.2) is 0 Å². The van der Waals surface area contributed by atoms with Crippen molar-refractivity contribution in [3.05, 3.63) is 35.9 Å². The number of alkyl carbamates (subject to hydrolysis) is 2. The molecule has 1 aromatic rings. The molecule has 0 aliphatic carbocycles. The predicted octanol–water partition coefficient (Wildman–Crippen LogP) is 2.15. The van der Waals surface area contributed by atoms with E-state index in [1.54, 1.807) is 20.8 Å². The Balaban J connectivity index is 2.23. The summed E-state index contributed by atoms with van der Waals surface area (Å²) in [4.78, 5) is 23.3. The normalized spacial score (nSPS) is 12.2. The van der Waals surface area contributed by atoms with Gasteiger partial charge in [0.2, 0.25) is 0 Å². The van der Waals surface area contributed by atoms with Crippen molar-refractivity contribution in [1.29, 1.82) is 0 Å². The Kier molecular flexibility index (Phi) is 8.05. The molecule has 0 spiro atoms. The smallest absolute Gasteiger partial charge is 0.407 e. The van der Waals surface area contributed by atoms with Gasteiger partial charge in [-0.15, -0.1) is 0 Å². The third-order valence-corrected chi connectivity index (χ3v) is 2.98. The van der Waals surface area contributed by atoms with Gasteiger partial charge in [-0.2, -0.15) is 0 Å². The first kappa shape index (κ1) is 19.8. The SMILES string of the molecule is CC(C)(C)OC(=O)N[C@H](CN)CCNC(=O)OCc1ccccc1. The number of amides is 2. The molecular formula is C17H27N3O4. The lowest BCUT2D eigenvalue weighted by Gasteiger charge is -2.23. The van der Waals surface area contributed by atoms with Crippen LogP contribution in [0.3, 0.4) is 0 Å². The van der Waals surface area contributed by atoms with Crippen LogP contribution >= 0.6 is 0 Å². The fourth-order valence-corrected chi connectivity index (χ4v) is 1.85. The van der Waals surface area contributed by atoms with Crippen molar-refractivity contribution in [3.63, 3.8) is 0 Å². The van der Waals surface area contributed by atoms with E-state index in [1.807, 2.05) is 30.3 Å². The van der Waals surface area contributed by atoms with Gasteiger partial charge >= 0.3 is 12.2 Å². The second kappa shape index (κ2) is 9.77. The highest BCUT2D eigenvalue weighted by Gasteiger charge is 2.18. The maximum absolute atomic E-state index is 11.7. The number of hydrogen-bond acceptors (Lipinski definition) is 5. The average Bonchev–Trinajstić information content (AvgIpc) is 2.51. The van der Waals surface area contributed by atoms with E-state index in [0.29, 0.717) is 13.0 Å². The van der Waals surface area contributed by atoms with Gasteiger partial charge in [0, 0.05) is 19.1 Å². The summed E-state index contributed by atoms with van der Waals surface area (Å²) in [6, 6.07) is 9.13. The van der Waals surface area contributed by atoms with Gasteiger partial charge in [0.25, 0.3) is 0 Å². The van der Waals surface area contributed by atoms with Crippen LogP contribution in [-0.2, 0) is 16.1 Å². The Morgan fingerprint density at radius 1 is 1.17 bits per heavy atom. The van der Waals surface area contributed by atoms with E-state index < -0.39 is 17.8 Å². The van der Waals surface area contributed by atoms with Crippen molar-refractivity contribution in [3.8, 4) is 0 Å². The van der Waals surface area contributed by atoms with Crippen LogP contribution in [0.25, 0.3) is 0 Å². The molecule has 4 N–H and O–H groups in total. The van der Waals surface area contributed by atoms with Crippen LogP contribution in [0.15, 0.2) is 30.3 Å². The van der Waals surface area contributed by atoms with Crippen LogP contribution < -0.4 is 16.4 Å². The lowest BCUT2D eigenvalue weighted by Crippen LogP contribution is -2.44. The Morgan fingerprint density at radius 3 is 2.42 bits per heavy atom. The average molecular weight is 337 g/mol. The zero-order valence-electron chi connectivity index (χ0n) is 14.5. The second-order valence-corrected chi connectivity index (χ2v) is 6.36. The molecule has 0 fully saturated rings. The number of benzene rings is 1. The van der Waals surface area contributed by atoms with Gasteiger partial charge in [-0.05, 0) is 32.8 Å². The molecular weight excluding hydrogens is 310 g/mol. The number of hydrogen-bond donors (Lipinski definition) is 3. The van der Waals surface area contributed by atoms with Crippen LogP contribution in [0.2, 0.25) is 0 Å². The van der Waals surface area contributed by atoms with Gasteiger partial charge in [-0.25, -0.2) is 9.59 Å². The first-order chi connectivity index (χ1) is 11.3. The molecule has 1 atom stereocenters. The van der Waals surface area contributed by atoms with Crippen LogP contribution in [-0.4, -0.2) is 36.9 Å². The van der Waals surface area contributed by atoms with Gasteiger partial charge in [0.1, 0.15) is 12.2 Å². The van der Waals surface area contributed by atoms with Crippen molar-refractivity contribution < 1.29 is 19.1 Å². The third kappa shape index (κ3) is 8.99. The Bertz CT molecular complexity index is 514. The molecule has 0 heterocycles. The van der Waals surface area contributed by atoms with E-state index in [4.69, 9.17) is 15.2 Å². The van der Waals surface area contributed by atoms with E-state index >= 15 is 0 Å². The first-order valence-electron chi connectivity index (χ1n) is 7.94.